The average molecular weight is 426 g/mol. The summed E-state index contributed by atoms with van der Waals surface area (Å²) in [6.07, 6.45) is 1.86. The SMILES string of the molecule is S=C(NCc1ccc(Cl)cc1)Nc1ccn(Cc2ccc(Cl)cc2Cl)n1. The maximum absolute atomic E-state index is 6.20. The van der Waals surface area contributed by atoms with Crippen molar-refractivity contribution in [1.82, 2.24) is 15.1 Å². The molecule has 4 nitrogen and oxygen atoms in total. The molecule has 3 aromatic rings. The third kappa shape index (κ3) is 5.35. The molecule has 2 aromatic carbocycles. The van der Waals surface area contributed by atoms with Crippen LogP contribution in [-0.2, 0) is 13.1 Å². The van der Waals surface area contributed by atoms with E-state index in [1.54, 1.807) is 16.8 Å². The van der Waals surface area contributed by atoms with Gasteiger partial charge >= 0.3 is 0 Å². The molecule has 0 saturated carbocycles. The molecule has 0 unspecified atom stereocenters. The first-order valence-electron chi connectivity index (χ1n) is 7.76. The Morgan fingerprint density at radius 1 is 1.00 bits per heavy atom. The summed E-state index contributed by atoms with van der Waals surface area (Å²) < 4.78 is 1.78. The van der Waals surface area contributed by atoms with E-state index >= 15 is 0 Å². The lowest BCUT2D eigenvalue weighted by atomic mass is 10.2. The standard InChI is InChI=1S/C18H15Cl3N4S/c19-14-4-1-12(2-5-14)10-22-18(26)23-17-7-8-25(24-17)11-13-3-6-15(20)9-16(13)21/h1-9H,10-11H2,(H2,22,23,24,26). The third-order valence-electron chi connectivity index (χ3n) is 3.60. The van der Waals surface area contributed by atoms with E-state index < -0.39 is 0 Å². The van der Waals surface area contributed by atoms with E-state index in [-0.39, 0.29) is 0 Å². The normalized spacial score (nSPS) is 10.6. The second-order valence-electron chi connectivity index (χ2n) is 5.57. The van der Waals surface area contributed by atoms with Gasteiger partial charge < -0.3 is 10.6 Å². The minimum Gasteiger partial charge on any atom is -0.358 e. The zero-order valence-corrected chi connectivity index (χ0v) is 16.6. The molecule has 134 valence electrons. The number of hydrogen-bond donors (Lipinski definition) is 2. The van der Waals surface area contributed by atoms with Crippen molar-refractivity contribution in [3.8, 4) is 0 Å². The van der Waals surface area contributed by atoms with Crippen LogP contribution in [0.15, 0.2) is 54.7 Å². The lowest BCUT2D eigenvalue weighted by Gasteiger charge is -2.09. The predicted octanol–water partition coefficient (Wildman–Crippen LogP) is 5.38. The van der Waals surface area contributed by atoms with E-state index in [1.165, 1.54) is 0 Å². The Morgan fingerprint density at radius 2 is 1.73 bits per heavy atom. The first kappa shape index (κ1) is 19.0. The highest BCUT2D eigenvalue weighted by atomic mass is 35.5. The molecule has 0 amide bonds. The molecule has 0 aliphatic heterocycles. The van der Waals surface area contributed by atoms with Gasteiger partial charge in [-0.1, -0.05) is 53.0 Å². The maximum atomic E-state index is 6.20. The molecular weight excluding hydrogens is 411 g/mol. The van der Waals surface area contributed by atoms with Crippen LogP contribution in [0.4, 0.5) is 5.82 Å². The number of aromatic nitrogens is 2. The number of benzene rings is 2. The fourth-order valence-corrected chi connectivity index (χ4v) is 3.06. The van der Waals surface area contributed by atoms with Crippen LogP contribution in [0.5, 0.6) is 0 Å². The Kier molecular flexibility index (Phi) is 6.38. The highest BCUT2D eigenvalue weighted by molar-refractivity contribution is 7.80. The summed E-state index contributed by atoms with van der Waals surface area (Å²) in [5.74, 6) is 0.656. The predicted molar refractivity (Wildman–Crippen MR) is 112 cm³/mol. The van der Waals surface area contributed by atoms with Gasteiger partial charge in [-0.2, -0.15) is 5.10 Å². The quantitative estimate of drug-likeness (QED) is 0.539. The molecule has 2 N–H and O–H groups in total. The summed E-state index contributed by atoms with van der Waals surface area (Å²) in [5, 5.41) is 13.1. The zero-order chi connectivity index (χ0) is 18.5. The molecule has 26 heavy (non-hydrogen) atoms. The van der Waals surface area contributed by atoms with Crippen LogP contribution in [0.1, 0.15) is 11.1 Å². The van der Waals surface area contributed by atoms with Gasteiger partial charge in [0, 0.05) is 33.9 Å². The Hall–Kier alpha value is -1.79. The van der Waals surface area contributed by atoms with Gasteiger partial charge in [-0.05, 0) is 47.6 Å². The second kappa shape index (κ2) is 8.73. The smallest absolute Gasteiger partial charge is 0.172 e. The molecule has 0 aliphatic carbocycles. The molecule has 0 atom stereocenters. The maximum Gasteiger partial charge on any atom is 0.172 e. The first-order chi connectivity index (χ1) is 12.5. The average Bonchev–Trinajstić information content (AvgIpc) is 3.04. The van der Waals surface area contributed by atoms with Crippen molar-refractivity contribution < 1.29 is 0 Å². The summed E-state index contributed by atoms with van der Waals surface area (Å²) in [6.45, 7) is 1.15. The van der Waals surface area contributed by atoms with Crippen molar-refractivity contribution in [3.05, 3.63) is 80.9 Å². The van der Waals surface area contributed by atoms with Crippen LogP contribution in [0.2, 0.25) is 15.1 Å². The molecular formula is C18H15Cl3N4S. The number of anilines is 1. The van der Waals surface area contributed by atoms with Gasteiger partial charge in [0.1, 0.15) is 0 Å². The van der Waals surface area contributed by atoms with Crippen molar-refractivity contribution in [2.24, 2.45) is 0 Å². The lowest BCUT2D eigenvalue weighted by Crippen LogP contribution is -2.28. The van der Waals surface area contributed by atoms with Gasteiger partial charge in [-0.25, -0.2) is 0 Å². The van der Waals surface area contributed by atoms with Crippen LogP contribution < -0.4 is 10.6 Å². The van der Waals surface area contributed by atoms with Crippen molar-refractivity contribution in [2.75, 3.05) is 5.32 Å². The summed E-state index contributed by atoms with van der Waals surface area (Å²) in [6, 6.07) is 14.8. The topological polar surface area (TPSA) is 41.9 Å². The number of thiocarbonyl (C=S) groups is 1. The molecule has 1 aromatic heterocycles. The van der Waals surface area contributed by atoms with Gasteiger partial charge in [-0.3, -0.25) is 4.68 Å². The first-order valence-corrected chi connectivity index (χ1v) is 9.30. The van der Waals surface area contributed by atoms with Gasteiger partial charge in [0.25, 0.3) is 0 Å². The largest absolute Gasteiger partial charge is 0.358 e. The monoisotopic (exact) mass is 424 g/mol. The van der Waals surface area contributed by atoms with E-state index in [0.29, 0.717) is 39.1 Å². The van der Waals surface area contributed by atoms with E-state index in [9.17, 15) is 0 Å². The Bertz CT molecular complexity index is 909. The van der Waals surface area contributed by atoms with Crippen LogP contribution >= 0.6 is 47.0 Å². The molecule has 0 saturated heterocycles. The van der Waals surface area contributed by atoms with Crippen LogP contribution in [0, 0.1) is 0 Å². The van der Waals surface area contributed by atoms with E-state index in [1.807, 2.05) is 42.6 Å². The molecule has 1 heterocycles. The Morgan fingerprint density at radius 3 is 2.46 bits per heavy atom. The molecule has 0 radical (unpaired) electrons. The van der Waals surface area contributed by atoms with Crippen molar-refractivity contribution in [1.29, 1.82) is 0 Å². The molecule has 0 fully saturated rings. The molecule has 8 heteroatoms. The molecule has 0 aliphatic rings. The number of nitrogens with zero attached hydrogens (tertiary/aromatic N) is 2. The molecule has 0 spiro atoms. The number of nitrogens with one attached hydrogen (secondary N) is 2. The number of rotatable bonds is 5. The Labute approximate surface area is 172 Å². The number of halogens is 3. The van der Waals surface area contributed by atoms with E-state index in [0.717, 1.165) is 11.1 Å². The van der Waals surface area contributed by atoms with Gasteiger partial charge in [0.15, 0.2) is 10.9 Å². The zero-order valence-electron chi connectivity index (χ0n) is 13.5. The van der Waals surface area contributed by atoms with Crippen LogP contribution in [0.25, 0.3) is 0 Å². The van der Waals surface area contributed by atoms with Gasteiger partial charge in [0.2, 0.25) is 0 Å². The summed E-state index contributed by atoms with van der Waals surface area (Å²) >= 11 is 23.3. The molecule has 3 rings (SSSR count). The molecule has 0 bridgehead atoms. The highest BCUT2D eigenvalue weighted by Gasteiger charge is 2.06. The third-order valence-corrected chi connectivity index (χ3v) is 4.68. The Balaban J connectivity index is 1.54. The lowest BCUT2D eigenvalue weighted by molar-refractivity contribution is 0.690. The van der Waals surface area contributed by atoms with Crippen molar-refractivity contribution in [3.63, 3.8) is 0 Å². The van der Waals surface area contributed by atoms with Gasteiger partial charge in [-0.15, -0.1) is 0 Å². The fraction of sp³-hybridized carbons (Fsp3) is 0.111. The summed E-state index contributed by atoms with van der Waals surface area (Å²) in [4.78, 5) is 0. The van der Waals surface area contributed by atoms with Gasteiger partial charge in [0.05, 0.1) is 6.54 Å². The van der Waals surface area contributed by atoms with E-state index in [2.05, 4.69) is 15.7 Å². The van der Waals surface area contributed by atoms with E-state index in [4.69, 9.17) is 47.0 Å². The summed E-state index contributed by atoms with van der Waals surface area (Å²) in [5.41, 5.74) is 2.02. The van der Waals surface area contributed by atoms with Crippen molar-refractivity contribution >= 4 is 58.0 Å². The minimum atomic E-state index is 0.495. The number of hydrogen-bond acceptors (Lipinski definition) is 2. The van der Waals surface area contributed by atoms with Crippen LogP contribution in [-0.4, -0.2) is 14.9 Å². The minimum absolute atomic E-state index is 0.495. The summed E-state index contributed by atoms with van der Waals surface area (Å²) in [7, 11) is 0. The van der Waals surface area contributed by atoms with Crippen LogP contribution in [0.3, 0.4) is 0 Å². The van der Waals surface area contributed by atoms with Crippen molar-refractivity contribution in [2.45, 2.75) is 13.1 Å². The fourth-order valence-electron chi connectivity index (χ4n) is 2.29. The highest BCUT2D eigenvalue weighted by Crippen LogP contribution is 2.21. The second-order valence-corrected chi connectivity index (χ2v) is 7.26.